The Morgan fingerprint density at radius 3 is 2.26 bits per heavy atom. The van der Waals surface area contributed by atoms with Crippen molar-refractivity contribution in [1.82, 2.24) is 9.97 Å². The minimum Gasteiger partial charge on any atom is -0.383 e. The molecule has 0 fully saturated rings. The number of carbonyl (C=O) groups is 1. The van der Waals surface area contributed by atoms with Gasteiger partial charge >= 0.3 is 0 Å². The van der Waals surface area contributed by atoms with Crippen LogP contribution in [0.4, 0.5) is 5.82 Å². The Labute approximate surface area is 112 Å². The average Bonchev–Trinajstić information content (AvgIpc) is 2.38. The second-order valence-corrected chi connectivity index (χ2v) is 5.48. The van der Waals surface area contributed by atoms with E-state index in [1.165, 1.54) is 11.8 Å². The fourth-order valence-electron chi connectivity index (χ4n) is 1.75. The number of hydrogen-bond acceptors (Lipinski definition) is 4. The smallest absolute Gasteiger partial charge is 0.161 e. The van der Waals surface area contributed by atoms with Crippen LogP contribution in [-0.4, -0.2) is 16.3 Å². The molecule has 0 saturated carbocycles. The van der Waals surface area contributed by atoms with E-state index < -0.39 is 0 Å². The first-order valence-electron chi connectivity index (χ1n) is 6.10. The molecule has 2 rings (SSSR count). The van der Waals surface area contributed by atoms with Crippen LogP contribution in [0.15, 0.2) is 30.5 Å². The summed E-state index contributed by atoms with van der Waals surface area (Å²) in [6.45, 7) is 6.49. The van der Waals surface area contributed by atoms with Crippen molar-refractivity contribution in [2.45, 2.75) is 26.2 Å². The molecule has 4 heteroatoms. The Bertz CT molecular complexity index is 598. The SMILES string of the molecule is CC(C)(C)c1ccc(-c2ncc(C=O)c(N)n2)cc1. The quantitative estimate of drug-likeness (QED) is 0.838. The maximum atomic E-state index is 10.7. The van der Waals surface area contributed by atoms with Crippen molar-refractivity contribution in [2.24, 2.45) is 0 Å². The summed E-state index contributed by atoms with van der Waals surface area (Å²) in [5.74, 6) is 0.739. The minimum absolute atomic E-state index is 0.111. The number of nitrogens with zero attached hydrogens (tertiary/aromatic N) is 2. The summed E-state index contributed by atoms with van der Waals surface area (Å²) >= 11 is 0. The Hall–Kier alpha value is -2.23. The third kappa shape index (κ3) is 2.78. The second-order valence-electron chi connectivity index (χ2n) is 5.48. The van der Waals surface area contributed by atoms with Gasteiger partial charge < -0.3 is 5.73 Å². The zero-order valence-corrected chi connectivity index (χ0v) is 11.3. The summed E-state index contributed by atoms with van der Waals surface area (Å²) in [6, 6.07) is 8.05. The summed E-state index contributed by atoms with van der Waals surface area (Å²) in [4.78, 5) is 19.0. The summed E-state index contributed by atoms with van der Waals surface area (Å²) in [5.41, 5.74) is 8.24. The molecule has 0 aliphatic heterocycles. The molecule has 0 unspecified atom stereocenters. The maximum absolute atomic E-state index is 10.7. The Kier molecular flexibility index (Phi) is 3.34. The van der Waals surface area contributed by atoms with E-state index in [0.717, 1.165) is 5.56 Å². The molecule has 0 radical (unpaired) electrons. The third-order valence-corrected chi connectivity index (χ3v) is 2.98. The maximum Gasteiger partial charge on any atom is 0.161 e. The van der Waals surface area contributed by atoms with Crippen LogP contribution in [0.5, 0.6) is 0 Å². The van der Waals surface area contributed by atoms with Crippen molar-refractivity contribution in [1.29, 1.82) is 0 Å². The van der Waals surface area contributed by atoms with Crippen LogP contribution < -0.4 is 5.73 Å². The molecule has 0 aliphatic rings. The first kappa shape index (κ1) is 13.2. The van der Waals surface area contributed by atoms with Crippen LogP contribution >= 0.6 is 0 Å². The van der Waals surface area contributed by atoms with Gasteiger partial charge in [0, 0.05) is 11.8 Å². The van der Waals surface area contributed by atoms with Crippen LogP contribution in [0.1, 0.15) is 36.7 Å². The number of aldehydes is 1. The molecule has 2 N–H and O–H groups in total. The van der Waals surface area contributed by atoms with E-state index in [1.54, 1.807) is 0 Å². The van der Waals surface area contributed by atoms with Crippen molar-refractivity contribution < 1.29 is 4.79 Å². The normalized spacial score (nSPS) is 11.3. The van der Waals surface area contributed by atoms with Crippen LogP contribution in [0.25, 0.3) is 11.4 Å². The highest BCUT2D eigenvalue weighted by Gasteiger charge is 2.13. The molecule has 0 atom stereocenters. The van der Waals surface area contributed by atoms with Gasteiger partial charge in [-0.25, -0.2) is 9.97 Å². The highest BCUT2D eigenvalue weighted by Crippen LogP contribution is 2.25. The molecule has 1 aromatic heterocycles. The standard InChI is InChI=1S/C15H17N3O/c1-15(2,3)12-6-4-10(5-7-12)14-17-8-11(9-19)13(16)18-14/h4-9H,1-3H3,(H2,16,17,18). The van der Waals surface area contributed by atoms with E-state index >= 15 is 0 Å². The molecule has 98 valence electrons. The van der Waals surface area contributed by atoms with Gasteiger partial charge in [-0.3, -0.25) is 4.79 Å². The molecule has 2 aromatic rings. The molecule has 1 heterocycles. The highest BCUT2D eigenvalue weighted by molar-refractivity contribution is 5.81. The number of nitrogens with two attached hydrogens (primary N) is 1. The number of carbonyl (C=O) groups excluding carboxylic acids is 1. The number of nitrogen functional groups attached to an aromatic ring is 1. The predicted octanol–water partition coefficient (Wildman–Crippen LogP) is 2.84. The van der Waals surface area contributed by atoms with E-state index in [0.29, 0.717) is 17.7 Å². The van der Waals surface area contributed by atoms with E-state index in [4.69, 9.17) is 5.73 Å². The van der Waals surface area contributed by atoms with Crippen molar-refractivity contribution >= 4 is 12.1 Å². The van der Waals surface area contributed by atoms with E-state index in [1.807, 2.05) is 12.1 Å². The third-order valence-electron chi connectivity index (χ3n) is 2.98. The Morgan fingerprint density at radius 2 is 1.79 bits per heavy atom. The van der Waals surface area contributed by atoms with Crippen molar-refractivity contribution in [3.8, 4) is 11.4 Å². The summed E-state index contributed by atoms with van der Waals surface area (Å²) in [7, 11) is 0. The first-order chi connectivity index (χ1) is 8.91. The lowest BCUT2D eigenvalue weighted by atomic mass is 9.87. The summed E-state index contributed by atoms with van der Waals surface area (Å²) in [5, 5.41) is 0. The van der Waals surface area contributed by atoms with E-state index in [9.17, 15) is 4.79 Å². The molecule has 1 aromatic carbocycles. The molecule has 0 aliphatic carbocycles. The molecule has 4 nitrogen and oxygen atoms in total. The fourth-order valence-corrected chi connectivity index (χ4v) is 1.75. The lowest BCUT2D eigenvalue weighted by Gasteiger charge is -2.19. The monoisotopic (exact) mass is 255 g/mol. The molecule has 0 bridgehead atoms. The topological polar surface area (TPSA) is 68.9 Å². The summed E-state index contributed by atoms with van der Waals surface area (Å²) in [6.07, 6.45) is 2.10. The van der Waals surface area contributed by atoms with Crippen molar-refractivity contribution in [2.75, 3.05) is 5.73 Å². The molecular weight excluding hydrogens is 238 g/mol. The van der Waals surface area contributed by atoms with Gasteiger partial charge in [0.1, 0.15) is 5.82 Å². The van der Waals surface area contributed by atoms with Gasteiger partial charge in [0.2, 0.25) is 0 Å². The molecule has 19 heavy (non-hydrogen) atoms. The molecule has 0 saturated heterocycles. The van der Waals surface area contributed by atoms with Gasteiger partial charge in [-0.1, -0.05) is 45.0 Å². The van der Waals surface area contributed by atoms with Gasteiger partial charge in [0.25, 0.3) is 0 Å². The van der Waals surface area contributed by atoms with Crippen LogP contribution in [0, 0.1) is 0 Å². The molecule has 0 amide bonds. The Morgan fingerprint density at radius 1 is 1.16 bits per heavy atom. The van der Waals surface area contributed by atoms with Gasteiger partial charge in [-0.05, 0) is 11.0 Å². The molecular formula is C15H17N3O. The lowest BCUT2D eigenvalue weighted by molar-refractivity contribution is 0.112. The summed E-state index contributed by atoms with van der Waals surface area (Å²) < 4.78 is 0. The van der Waals surface area contributed by atoms with E-state index in [-0.39, 0.29) is 11.2 Å². The lowest BCUT2D eigenvalue weighted by Crippen LogP contribution is -2.10. The zero-order chi connectivity index (χ0) is 14.0. The first-order valence-corrected chi connectivity index (χ1v) is 6.10. The average molecular weight is 255 g/mol. The largest absolute Gasteiger partial charge is 0.383 e. The van der Waals surface area contributed by atoms with E-state index in [2.05, 4.69) is 42.9 Å². The van der Waals surface area contributed by atoms with Crippen molar-refractivity contribution in [3.05, 3.63) is 41.6 Å². The Balaban J connectivity index is 2.37. The predicted molar refractivity (Wildman–Crippen MR) is 76.0 cm³/mol. The van der Waals surface area contributed by atoms with Crippen LogP contribution in [0.3, 0.4) is 0 Å². The van der Waals surface area contributed by atoms with Gasteiger partial charge in [0.05, 0.1) is 5.56 Å². The van der Waals surface area contributed by atoms with Gasteiger partial charge in [-0.15, -0.1) is 0 Å². The van der Waals surface area contributed by atoms with Gasteiger partial charge in [0.15, 0.2) is 12.1 Å². The second kappa shape index (κ2) is 4.80. The number of rotatable bonds is 2. The number of benzene rings is 1. The fraction of sp³-hybridized carbons (Fsp3) is 0.267. The number of aromatic nitrogens is 2. The minimum atomic E-state index is 0.111. The van der Waals surface area contributed by atoms with Crippen LogP contribution in [-0.2, 0) is 5.41 Å². The van der Waals surface area contributed by atoms with Crippen LogP contribution in [0.2, 0.25) is 0 Å². The highest BCUT2D eigenvalue weighted by atomic mass is 16.1. The number of anilines is 1. The zero-order valence-electron chi connectivity index (χ0n) is 11.3. The number of hydrogen-bond donors (Lipinski definition) is 1. The molecule has 0 spiro atoms. The van der Waals surface area contributed by atoms with Gasteiger partial charge in [-0.2, -0.15) is 0 Å². The van der Waals surface area contributed by atoms with Crippen molar-refractivity contribution in [3.63, 3.8) is 0 Å².